The Morgan fingerprint density at radius 2 is 1.44 bits per heavy atom. The summed E-state index contributed by atoms with van der Waals surface area (Å²) in [4.78, 5) is 44.5. The van der Waals surface area contributed by atoms with Gasteiger partial charge in [-0.05, 0) is 31.7 Å². The van der Waals surface area contributed by atoms with Gasteiger partial charge in [0.2, 0.25) is 0 Å². The average molecular weight is 357 g/mol. The smallest absolute Gasteiger partial charge is 0.326 e. The molecule has 0 aliphatic heterocycles. The van der Waals surface area contributed by atoms with Gasteiger partial charge in [0.15, 0.2) is 7.98 Å². The van der Waals surface area contributed by atoms with Crippen molar-refractivity contribution in [3.63, 3.8) is 0 Å². The maximum absolute atomic E-state index is 11.8. The first-order valence-corrected chi connectivity index (χ1v) is 7.85. The molecule has 2 amide bonds. The van der Waals surface area contributed by atoms with E-state index in [2.05, 4.69) is 15.9 Å². The summed E-state index contributed by atoms with van der Waals surface area (Å²) in [6, 6.07) is -3.56. The number of carboxylic acids is 3. The van der Waals surface area contributed by atoms with Crippen LogP contribution < -0.4 is 15.9 Å². The Morgan fingerprint density at radius 3 is 1.88 bits per heavy atom. The number of hydrogen-bond acceptors (Lipinski definition) is 5. The highest BCUT2D eigenvalue weighted by Crippen LogP contribution is 2.09. The molecule has 0 rings (SSSR count). The number of urea groups is 1. The van der Waals surface area contributed by atoms with Crippen molar-refractivity contribution in [3.05, 3.63) is 0 Å². The van der Waals surface area contributed by atoms with Gasteiger partial charge in [0.1, 0.15) is 12.1 Å². The van der Waals surface area contributed by atoms with Crippen LogP contribution >= 0.6 is 0 Å². The Labute approximate surface area is 146 Å². The van der Waals surface area contributed by atoms with Crippen LogP contribution in [0.2, 0.25) is 0 Å². The Morgan fingerprint density at radius 1 is 0.920 bits per heavy atom. The van der Waals surface area contributed by atoms with Crippen LogP contribution in [0.3, 0.4) is 0 Å². The fraction of sp³-hybridized carbons (Fsp3) is 0.714. The molecule has 0 heterocycles. The number of hydrogen-bond donors (Lipinski definition) is 6. The van der Waals surface area contributed by atoms with E-state index in [1.807, 2.05) is 6.92 Å². The fourth-order valence-electron chi connectivity index (χ4n) is 2.11. The third kappa shape index (κ3) is 11.0. The molecule has 0 aliphatic carbocycles. The maximum Gasteiger partial charge on any atom is 0.326 e. The molecule has 2 radical (unpaired) electrons. The highest BCUT2D eigenvalue weighted by Gasteiger charge is 2.24. The van der Waals surface area contributed by atoms with Crippen molar-refractivity contribution in [1.82, 2.24) is 15.9 Å². The Bertz CT molecular complexity index is 475. The van der Waals surface area contributed by atoms with Crippen molar-refractivity contribution in [2.75, 3.05) is 6.54 Å². The first-order chi connectivity index (χ1) is 11.7. The summed E-state index contributed by atoms with van der Waals surface area (Å²) in [5.74, 6) is -3.60. The topological polar surface area (TPSA) is 165 Å². The molecular weight excluding hydrogens is 333 g/mol. The van der Waals surface area contributed by atoms with E-state index >= 15 is 0 Å². The number of aliphatic carboxylic acids is 3. The number of nitrogens with one attached hydrogen (secondary N) is 3. The lowest BCUT2D eigenvalue weighted by Crippen LogP contribution is -2.51. The molecule has 0 aromatic rings. The van der Waals surface area contributed by atoms with Gasteiger partial charge in [-0.25, -0.2) is 14.4 Å². The van der Waals surface area contributed by atoms with Gasteiger partial charge in [0.25, 0.3) is 0 Å². The molecule has 0 saturated carbocycles. The van der Waals surface area contributed by atoms with Crippen molar-refractivity contribution in [2.24, 2.45) is 5.92 Å². The van der Waals surface area contributed by atoms with Crippen LogP contribution in [-0.2, 0) is 14.4 Å². The van der Waals surface area contributed by atoms with E-state index in [9.17, 15) is 19.2 Å². The van der Waals surface area contributed by atoms with Gasteiger partial charge in [-0.1, -0.05) is 13.3 Å². The van der Waals surface area contributed by atoms with Crippen molar-refractivity contribution < 1.29 is 34.5 Å². The van der Waals surface area contributed by atoms with Gasteiger partial charge in [0.05, 0.1) is 0 Å². The number of carbonyl (C=O) groups is 4. The van der Waals surface area contributed by atoms with E-state index < -0.39 is 42.4 Å². The van der Waals surface area contributed by atoms with Gasteiger partial charge in [0, 0.05) is 6.42 Å². The molecule has 140 valence electrons. The highest BCUT2D eigenvalue weighted by atomic mass is 16.4. The van der Waals surface area contributed by atoms with E-state index in [4.69, 9.17) is 23.3 Å². The lowest BCUT2D eigenvalue weighted by Gasteiger charge is -2.19. The van der Waals surface area contributed by atoms with Crippen molar-refractivity contribution in [2.45, 2.75) is 51.1 Å². The van der Waals surface area contributed by atoms with Crippen LogP contribution in [0.1, 0.15) is 39.0 Å². The summed E-state index contributed by atoms with van der Waals surface area (Å²) < 4.78 is 0. The maximum atomic E-state index is 11.8. The molecule has 0 aliphatic rings. The third-order valence-corrected chi connectivity index (χ3v) is 3.51. The first-order valence-electron chi connectivity index (χ1n) is 7.85. The molecule has 25 heavy (non-hydrogen) atoms. The zero-order valence-corrected chi connectivity index (χ0v) is 14.0. The summed E-state index contributed by atoms with van der Waals surface area (Å²) in [5.41, 5.74) is 0. The minimum absolute atomic E-state index is 0.171. The third-order valence-electron chi connectivity index (χ3n) is 3.51. The average Bonchev–Trinajstić information content (AvgIpc) is 2.50. The van der Waals surface area contributed by atoms with Crippen LogP contribution in [0.25, 0.3) is 0 Å². The molecule has 11 heteroatoms. The second-order valence-electron chi connectivity index (χ2n) is 5.78. The SMILES string of the molecule is [B]NCC(C)CCC[C@H](NC(=O)N[C@@H](CCC(=O)O)C(=O)O)C(=O)O. The summed E-state index contributed by atoms with van der Waals surface area (Å²) in [6.07, 6.45) is 0.658. The van der Waals surface area contributed by atoms with E-state index in [0.717, 1.165) is 0 Å². The molecule has 0 bridgehead atoms. The van der Waals surface area contributed by atoms with Crippen LogP contribution in [0.15, 0.2) is 0 Å². The second-order valence-corrected chi connectivity index (χ2v) is 5.78. The van der Waals surface area contributed by atoms with E-state index in [-0.39, 0.29) is 18.8 Å². The van der Waals surface area contributed by atoms with E-state index in [1.165, 1.54) is 0 Å². The molecule has 10 nitrogen and oxygen atoms in total. The molecule has 6 N–H and O–H groups in total. The minimum atomic E-state index is -1.42. The molecule has 1 unspecified atom stereocenters. The zero-order valence-electron chi connectivity index (χ0n) is 14.0. The molecule has 0 saturated heterocycles. The van der Waals surface area contributed by atoms with Crippen LogP contribution in [-0.4, -0.2) is 65.9 Å². The number of rotatable bonds is 13. The van der Waals surface area contributed by atoms with Gasteiger partial charge in [-0.3, -0.25) is 4.79 Å². The van der Waals surface area contributed by atoms with Gasteiger partial charge in [-0.15, -0.1) is 0 Å². The predicted molar refractivity (Wildman–Crippen MR) is 88.2 cm³/mol. The molecule has 3 atom stereocenters. The molecule has 0 aromatic heterocycles. The summed E-state index contributed by atoms with van der Waals surface area (Å²) in [5, 5.41) is 33.5. The minimum Gasteiger partial charge on any atom is -0.481 e. The van der Waals surface area contributed by atoms with Crippen molar-refractivity contribution in [3.8, 4) is 0 Å². The number of amides is 2. The monoisotopic (exact) mass is 357 g/mol. The van der Waals surface area contributed by atoms with Crippen molar-refractivity contribution in [1.29, 1.82) is 0 Å². The van der Waals surface area contributed by atoms with Crippen molar-refractivity contribution >= 4 is 31.9 Å². The standard InChI is InChI=1S/C14H24BN3O7/c1-8(7-16-15)3-2-4-9(12(21)22)17-14(25)18-10(13(23)24)5-6-11(19)20/h8-10,16H,2-7H2,1H3,(H,19,20)(H,21,22)(H,23,24)(H2,17,18,25)/t8?,9-,10-/m0/s1. The number of carboxylic acid groups (broad SMARTS) is 3. The summed E-state index contributed by atoms with van der Waals surface area (Å²) in [6.45, 7) is 2.52. The Kier molecular flexibility index (Phi) is 11.0. The first kappa shape index (κ1) is 22.7. The molecule has 0 fully saturated rings. The van der Waals surface area contributed by atoms with E-state index in [0.29, 0.717) is 19.4 Å². The number of carbonyl (C=O) groups excluding carboxylic acids is 1. The van der Waals surface area contributed by atoms with Gasteiger partial charge >= 0.3 is 23.9 Å². The fourth-order valence-corrected chi connectivity index (χ4v) is 2.11. The highest BCUT2D eigenvalue weighted by molar-refractivity contribution is 6.04. The summed E-state index contributed by atoms with van der Waals surface area (Å²) >= 11 is 0. The van der Waals surface area contributed by atoms with Gasteiger partial charge in [-0.2, -0.15) is 0 Å². The second kappa shape index (κ2) is 12.1. The Balaban J connectivity index is 4.48. The van der Waals surface area contributed by atoms with Crippen LogP contribution in [0.4, 0.5) is 4.79 Å². The van der Waals surface area contributed by atoms with E-state index in [1.54, 1.807) is 0 Å². The summed E-state index contributed by atoms with van der Waals surface area (Å²) in [7, 11) is 5.20. The van der Waals surface area contributed by atoms with Crippen LogP contribution in [0.5, 0.6) is 0 Å². The Hall–Kier alpha value is -2.30. The molecule has 0 spiro atoms. The lowest BCUT2D eigenvalue weighted by atomic mass is 10.0. The van der Waals surface area contributed by atoms with Crippen LogP contribution in [0, 0.1) is 5.92 Å². The van der Waals surface area contributed by atoms with Gasteiger partial charge < -0.3 is 31.2 Å². The molecular formula is C14H24BN3O7. The largest absolute Gasteiger partial charge is 0.481 e. The normalized spacial score (nSPS) is 14.1. The predicted octanol–water partition coefficient (Wildman–Crippen LogP) is -0.464. The lowest BCUT2D eigenvalue weighted by molar-refractivity contribution is -0.140. The quantitative estimate of drug-likeness (QED) is 0.241. The molecule has 0 aromatic carbocycles. The zero-order chi connectivity index (χ0) is 19.4.